The third kappa shape index (κ3) is 3.79. The Bertz CT molecular complexity index is 1110. The lowest BCUT2D eigenvalue weighted by Gasteiger charge is -2.05. The molecule has 4 rings (SSSR count). The highest BCUT2D eigenvalue weighted by Gasteiger charge is 2.13. The summed E-state index contributed by atoms with van der Waals surface area (Å²) >= 11 is 0. The standard InChI is InChI=1S/C21H15FN2O3/c22-16-6-2-4-8-18(16)26-13-15-10-11-19(27-15)21(25)24-20-12-9-14-5-1-3-7-17(14)23-20/h1-12H,13H2,(H,23,24,25). The molecule has 0 spiro atoms. The minimum atomic E-state index is -0.454. The first kappa shape index (κ1) is 16.8. The summed E-state index contributed by atoms with van der Waals surface area (Å²) in [5.41, 5.74) is 0.786. The Morgan fingerprint density at radius 2 is 1.81 bits per heavy atom. The average molecular weight is 362 g/mol. The number of rotatable bonds is 5. The van der Waals surface area contributed by atoms with Crippen LogP contribution in [-0.4, -0.2) is 10.9 Å². The van der Waals surface area contributed by atoms with Gasteiger partial charge in [-0.25, -0.2) is 9.37 Å². The molecule has 0 atom stereocenters. The van der Waals surface area contributed by atoms with Crippen molar-refractivity contribution in [1.29, 1.82) is 0 Å². The molecule has 134 valence electrons. The van der Waals surface area contributed by atoms with Crippen LogP contribution in [0.15, 0.2) is 77.2 Å². The molecule has 1 N–H and O–H groups in total. The maximum atomic E-state index is 13.6. The molecular weight excluding hydrogens is 347 g/mol. The molecule has 2 aromatic heterocycles. The van der Waals surface area contributed by atoms with Crippen LogP contribution in [0.1, 0.15) is 16.3 Å². The number of benzene rings is 2. The zero-order valence-corrected chi connectivity index (χ0v) is 14.2. The van der Waals surface area contributed by atoms with E-state index in [1.165, 1.54) is 18.2 Å². The summed E-state index contributed by atoms with van der Waals surface area (Å²) in [5.74, 6) is 0.214. The number of halogens is 1. The van der Waals surface area contributed by atoms with E-state index in [1.807, 2.05) is 30.3 Å². The first-order chi connectivity index (χ1) is 13.2. The maximum Gasteiger partial charge on any atom is 0.292 e. The lowest BCUT2D eigenvalue weighted by Crippen LogP contribution is -2.12. The molecular formula is C21H15FN2O3. The van der Waals surface area contributed by atoms with Gasteiger partial charge in [-0.2, -0.15) is 0 Å². The Kier molecular flexibility index (Phi) is 4.53. The third-order valence-electron chi connectivity index (χ3n) is 3.93. The van der Waals surface area contributed by atoms with E-state index in [0.29, 0.717) is 11.6 Å². The minimum Gasteiger partial charge on any atom is -0.483 e. The number of carbonyl (C=O) groups excluding carboxylic acids is 1. The van der Waals surface area contributed by atoms with Crippen LogP contribution in [0.5, 0.6) is 5.75 Å². The molecule has 6 heteroatoms. The first-order valence-electron chi connectivity index (χ1n) is 8.32. The molecule has 27 heavy (non-hydrogen) atoms. The van der Waals surface area contributed by atoms with Crippen LogP contribution in [0.2, 0.25) is 0 Å². The van der Waals surface area contributed by atoms with Crippen molar-refractivity contribution in [3.8, 4) is 5.75 Å². The topological polar surface area (TPSA) is 64.4 Å². The molecule has 2 aromatic carbocycles. The molecule has 0 aliphatic carbocycles. The summed E-state index contributed by atoms with van der Waals surface area (Å²) in [6.45, 7) is 0.0163. The highest BCUT2D eigenvalue weighted by Crippen LogP contribution is 2.19. The van der Waals surface area contributed by atoms with Crippen molar-refractivity contribution < 1.29 is 18.3 Å². The second kappa shape index (κ2) is 7.29. The normalized spacial score (nSPS) is 10.7. The predicted molar refractivity (Wildman–Crippen MR) is 99.1 cm³/mol. The second-order valence-electron chi connectivity index (χ2n) is 5.83. The number of furan rings is 1. The number of nitrogens with zero attached hydrogens (tertiary/aromatic N) is 1. The molecule has 0 aliphatic heterocycles. The Balaban J connectivity index is 1.42. The quantitative estimate of drug-likeness (QED) is 0.554. The van der Waals surface area contributed by atoms with Gasteiger partial charge in [-0.15, -0.1) is 0 Å². The number of hydrogen-bond donors (Lipinski definition) is 1. The number of anilines is 1. The molecule has 0 bridgehead atoms. The third-order valence-corrected chi connectivity index (χ3v) is 3.93. The van der Waals surface area contributed by atoms with E-state index in [1.54, 1.807) is 24.3 Å². The van der Waals surface area contributed by atoms with Crippen LogP contribution in [0.25, 0.3) is 10.9 Å². The van der Waals surface area contributed by atoms with Crippen molar-refractivity contribution in [2.75, 3.05) is 5.32 Å². The lowest BCUT2D eigenvalue weighted by molar-refractivity contribution is 0.0992. The summed E-state index contributed by atoms with van der Waals surface area (Å²) in [6, 6.07) is 20.5. The van der Waals surface area contributed by atoms with E-state index in [-0.39, 0.29) is 18.1 Å². The summed E-state index contributed by atoms with van der Waals surface area (Å²) in [7, 11) is 0. The number of hydrogen-bond acceptors (Lipinski definition) is 4. The van der Waals surface area contributed by atoms with Gasteiger partial charge in [-0.3, -0.25) is 4.79 Å². The molecule has 1 amide bonds. The fraction of sp³-hybridized carbons (Fsp3) is 0.0476. The zero-order valence-electron chi connectivity index (χ0n) is 14.2. The SMILES string of the molecule is O=C(Nc1ccc2ccccc2n1)c1ccc(COc2ccccc2F)o1. The van der Waals surface area contributed by atoms with Crippen molar-refractivity contribution in [1.82, 2.24) is 4.98 Å². The highest BCUT2D eigenvalue weighted by molar-refractivity contribution is 6.02. The van der Waals surface area contributed by atoms with Gasteiger partial charge in [-0.1, -0.05) is 30.3 Å². The number of nitrogens with one attached hydrogen (secondary N) is 1. The number of carbonyl (C=O) groups is 1. The van der Waals surface area contributed by atoms with Crippen LogP contribution in [-0.2, 0) is 6.61 Å². The van der Waals surface area contributed by atoms with Crippen molar-refractivity contribution in [2.24, 2.45) is 0 Å². The summed E-state index contributed by atoms with van der Waals surface area (Å²) in [4.78, 5) is 16.7. The van der Waals surface area contributed by atoms with Crippen LogP contribution in [0.4, 0.5) is 10.2 Å². The van der Waals surface area contributed by atoms with Crippen LogP contribution in [0, 0.1) is 5.82 Å². The number of para-hydroxylation sites is 2. The largest absolute Gasteiger partial charge is 0.483 e. The summed E-state index contributed by atoms with van der Waals surface area (Å²) in [6.07, 6.45) is 0. The minimum absolute atomic E-state index is 0.0163. The number of pyridine rings is 1. The van der Waals surface area contributed by atoms with E-state index in [0.717, 1.165) is 10.9 Å². The Hall–Kier alpha value is -3.67. The predicted octanol–water partition coefficient (Wildman–Crippen LogP) is 4.80. The van der Waals surface area contributed by atoms with Crippen molar-refractivity contribution >= 4 is 22.6 Å². The van der Waals surface area contributed by atoms with E-state index < -0.39 is 11.7 Å². The van der Waals surface area contributed by atoms with Gasteiger partial charge in [0, 0.05) is 5.39 Å². The fourth-order valence-corrected chi connectivity index (χ4v) is 2.60. The summed E-state index contributed by atoms with van der Waals surface area (Å²) < 4.78 is 24.4. The van der Waals surface area contributed by atoms with Crippen molar-refractivity contribution in [2.45, 2.75) is 6.61 Å². The molecule has 5 nitrogen and oxygen atoms in total. The van der Waals surface area contributed by atoms with E-state index in [9.17, 15) is 9.18 Å². The van der Waals surface area contributed by atoms with Gasteiger partial charge >= 0.3 is 0 Å². The fourth-order valence-electron chi connectivity index (χ4n) is 2.60. The summed E-state index contributed by atoms with van der Waals surface area (Å²) in [5, 5.41) is 3.69. The van der Waals surface area contributed by atoms with Crippen LogP contribution in [0.3, 0.4) is 0 Å². The smallest absolute Gasteiger partial charge is 0.292 e. The number of fused-ring (bicyclic) bond motifs is 1. The van der Waals surface area contributed by atoms with E-state index >= 15 is 0 Å². The molecule has 2 heterocycles. The molecule has 0 radical (unpaired) electrons. The zero-order chi connectivity index (χ0) is 18.6. The Morgan fingerprint density at radius 1 is 1.00 bits per heavy atom. The molecule has 4 aromatic rings. The molecule has 0 saturated carbocycles. The number of ether oxygens (including phenoxy) is 1. The number of amides is 1. The van der Waals surface area contributed by atoms with Gasteiger partial charge in [0.05, 0.1) is 5.52 Å². The lowest BCUT2D eigenvalue weighted by atomic mass is 10.2. The van der Waals surface area contributed by atoms with E-state index in [2.05, 4.69) is 10.3 Å². The van der Waals surface area contributed by atoms with E-state index in [4.69, 9.17) is 9.15 Å². The average Bonchev–Trinajstić information content (AvgIpc) is 3.16. The highest BCUT2D eigenvalue weighted by atomic mass is 19.1. The Morgan fingerprint density at radius 3 is 2.70 bits per heavy atom. The molecule has 0 unspecified atom stereocenters. The number of aromatic nitrogens is 1. The van der Waals surface area contributed by atoms with Gasteiger partial charge < -0.3 is 14.5 Å². The second-order valence-corrected chi connectivity index (χ2v) is 5.83. The van der Waals surface area contributed by atoms with Gasteiger partial charge in [0.15, 0.2) is 17.3 Å². The first-order valence-corrected chi connectivity index (χ1v) is 8.32. The van der Waals surface area contributed by atoms with Gasteiger partial charge in [0.1, 0.15) is 18.2 Å². The Labute approximate surface area is 154 Å². The van der Waals surface area contributed by atoms with Crippen molar-refractivity contribution in [3.05, 3.63) is 90.1 Å². The molecule has 0 fully saturated rings. The molecule has 0 aliphatic rings. The maximum absolute atomic E-state index is 13.6. The molecule has 0 saturated heterocycles. The van der Waals surface area contributed by atoms with Crippen molar-refractivity contribution in [3.63, 3.8) is 0 Å². The van der Waals surface area contributed by atoms with Gasteiger partial charge in [0.2, 0.25) is 0 Å². The monoisotopic (exact) mass is 362 g/mol. The van der Waals surface area contributed by atoms with Gasteiger partial charge in [-0.05, 0) is 42.5 Å². The van der Waals surface area contributed by atoms with Gasteiger partial charge in [0.25, 0.3) is 5.91 Å². The van der Waals surface area contributed by atoms with Crippen LogP contribution >= 0.6 is 0 Å². The van der Waals surface area contributed by atoms with Crippen LogP contribution < -0.4 is 10.1 Å².